The number of ether oxygens (including phenoxy) is 1. The molecule has 0 aliphatic heterocycles. The number of halogens is 2. The number of hydrogen-bond donors (Lipinski definition) is 1. The van der Waals surface area contributed by atoms with Gasteiger partial charge in [-0.1, -0.05) is 36.7 Å². The van der Waals surface area contributed by atoms with Crippen LogP contribution >= 0.6 is 15.9 Å². The minimum absolute atomic E-state index is 0.0965. The Morgan fingerprint density at radius 3 is 2.48 bits per heavy atom. The first-order chi connectivity index (χ1) is 9.68. The molecule has 4 nitrogen and oxygen atoms in total. The summed E-state index contributed by atoms with van der Waals surface area (Å²) in [5, 5.41) is 0. The van der Waals surface area contributed by atoms with Crippen molar-refractivity contribution in [2.45, 2.75) is 33.1 Å². The van der Waals surface area contributed by atoms with Gasteiger partial charge < -0.3 is 10.5 Å². The summed E-state index contributed by atoms with van der Waals surface area (Å²) in [7, 11) is 0. The summed E-state index contributed by atoms with van der Waals surface area (Å²) < 4.78 is 20.1. The van der Waals surface area contributed by atoms with Gasteiger partial charge in [-0.3, -0.25) is 0 Å². The lowest BCUT2D eigenvalue weighted by Crippen LogP contribution is -2.18. The number of nitrogens with two attached hydrogens (primary N) is 1. The molecule has 21 heavy (non-hydrogen) atoms. The summed E-state index contributed by atoms with van der Waals surface area (Å²) in [6.45, 7) is 7.66. The van der Waals surface area contributed by atoms with Crippen molar-refractivity contribution in [1.82, 2.24) is 9.97 Å². The number of aromatic nitrogens is 2. The van der Waals surface area contributed by atoms with E-state index in [1.807, 2.05) is 20.8 Å². The molecule has 1 heterocycles. The fourth-order valence-electron chi connectivity index (χ4n) is 1.61. The number of rotatable bonds is 2. The highest BCUT2D eigenvalue weighted by Gasteiger charge is 2.21. The van der Waals surface area contributed by atoms with Crippen molar-refractivity contribution < 1.29 is 9.13 Å². The van der Waals surface area contributed by atoms with Gasteiger partial charge in [0, 0.05) is 9.89 Å². The van der Waals surface area contributed by atoms with Crippen molar-refractivity contribution in [3.05, 3.63) is 39.9 Å². The second-order valence-corrected chi connectivity index (χ2v) is 6.71. The lowest BCUT2D eigenvalue weighted by Gasteiger charge is -2.19. The van der Waals surface area contributed by atoms with E-state index in [4.69, 9.17) is 10.5 Å². The van der Waals surface area contributed by atoms with Crippen molar-refractivity contribution >= 4 is 21.7 Å². The molecule has 0 fully saturated rings. The smallest absolute Gasteiger partial charge is 0.227 e. The molecular weight excluding hydrogens is 337 g/mol. The lowest BCUT2D eigenvalue weighted by molar-refractivity contribution is 0.414. The molecule has 112 valence electrons. The maximum Gasteiger partial charge on any atom is 0.227 e. The predicted octanol–water partition coefficient (Wildman–Crippen LogP) is 4.36. The minimum atomic E-state index is -0.474. The van der Waals surface area contributed by atoms with Crippen LogP contribution in [-0.4, -0.2) is 9.97 Å². The fourth-order valence-corrected chi connectivity index (χ4v) is 1.94. The Morgan fingerprint density at radius 1 is 1.24 bits per heavy atom. The molecule has 0 unspecified atom stereocenters. The van der Waals surface area contributed by atoms with Crippen LogP contribution in [-0.2, 0) is 5.41 Å². The lowest BCUT2D eigenvalue weighted by atomic mass is 9.95. The van der Waals surface area contributed by atoms with Gasteiger partial charge in [0.1, 0.15) is 11.6 Å². The number of nitrogen functional groups attached to an aromatic ring is 1. The van der Waals surface area contributed by atoms with Gasteiger partial charge in [0.15, 0.2) is 11.6 Å². The second-order valence-electron chi connectivity index (χ2n) is 5.79. The zero-order valence-electron chi connectivity index (χ0n) is 12.4. The summed E-state index contributed by atoms with van der Waals surface area (Å²) in [6, 6.07) is 4.57. The van der Waals surface area contributed by atoms with Crippen LogP contribution in [0, 0.1) is 12.7 Å². The Bertz CT molecular complexity index is 683. The van der Waals surface area contributed by atoms with Crippen molar-refractivity contribution in [2.75, 3.05) is 5.73 Å². The van der Waals surface area contributed by atoms with Gasteiger partial charge in [0.2, 0.25) is 5.88 Å². The Labute approximate surface area is 131 Å². The molecular formula is C15H17BrFN3O. The summed E-state index contributed by atoms with van der Waals surface area (Å²) in [4.78, 5) is 8.64. The van der Waals surface area contributed by atoms with Gasteiger partial charge in [-0.2, -0.15) is 4.98 Å². The number of anilines is 1. The van der Waals surface area contributed by atoms with Crippen LogP contribution < -0.4 is 10.5 Å². The monoisotopic (exact) mass is 353 g/mol. The van der Waals surface area contributed by atoms with E-state index in [-0.39, 0.29) is 17.0 Å². The minimum Gasteiger partial charge on any atom is -0.435 e. The van der Waals surface area contributed by atoms with Gasteiger partial charge in [0.05, 0.1) is 5.56 Å². The molecule has 0 bridgehead atoms. The molecule has 2 aromatic rings. The first kappa shape index (κ1) is 15.7. The normalized spacial score (nSPS) is 11.5. The van der Waals surface area contributed by atoms with Gasteiger partial charge in [-0.05, 0) is 25.1 Å². The Kier molecular flexibility index (Phi) is 4.18. The van der Waals surface area contributed by atoms with Crippen molar-refractivity contribution in [1.29, 1.82) is 0 Å². The maximum atomic E-state index is 13.9. The molecule has 1 aromatic carbocycles. The predicted molar refractivity (Wildman–Crippen MR) is 84.1 cm³/mol. The summed E-state index contributed by atoms with van der Waals surface area (Å²) in [6.07, 6.45) is 0. The van der Waals surface area contributed by atoms with Gasteiger partial charge in [-0.15, -0.1) is 0 Å². The topological polar surface area (TPSA) is 61.0 Å². The number of nitrogens with zero attached hydrogens (tertiary/aromatic N) is 2. The highest BCUT2D eigenvalue weighted by Crippen LogP contribution is 2.31. The third kappa shape index (κ3) is 3.50. The molecule has 2 rings (SSSR count). The quantitative estimate of drug-likeness (QED) is 0.871. The van der Waals surface area contributed by atoms with Gasteiger partial charge in [-0.25, -0.2) is 9.37 Å². The fraction of sp³-hybridized carbons (Fsp3) is 0.333. The Hall–Kier alpha value is -1.69. The molecule has 0 atom stereocenters. The van der Waals surface area contributed by atoms with E-state index in [9.17, 15) is 4.39 Å². The zero-order chi connectivity index (χ0) is 15.8. The van der Waals surface area contributed by atoms with Crippen LogP contribution in [0.3, 0.4) is 0 Å². The van der Waals surface area contributed by atoms with E-state index in [1.165, 1.54) is 12.1 Å². The van der Waals surface area contributed by atoms with E-state index in [1.54, 1.807) is 13.0 Å². The largest absolute Gasteiger partial charge is 0.435 e. The molecule has 6 heteroatoms. The van der Waals surface area contributed by atoms with E-state index >= 15 is 0 Å². The summed E-state index contributed by atoms with van der Waals surface area (Å²) >= 11 is 3.20. The summed E-state index contributed by atoms with van der Waals surface area (Å²) in [5.74, 6) is 0.784. The zero-order valence-corrected chi connectivity index (χ0v) is 14.0. The highest BCUT2D eigenvalue weighted by atomic mass is 79.9. The SMILES string of the molecule is Cc1c(N)nc(C(C)(C)C)nc1Oc1ccc(Br)cc1F. The third-order valence-corrected chi connectivity index (χ3v) is 3.40. The molecule has 0 spiro atoms. The maximum absolute atomic E-state index is 13.9. The Balaban J connectivity index is 2.46. The molecule has 0 aliphatic rings. The standard InChI is InChI=1S/C15H17BrFN3O/c1-8-12(18)19-14(15(2,3)4)20-13(8)21-11-6-5-9(16)7-10(11)17/h5-7H,1-4H3,(H2,18,19,20). The van der Waals surface area contributed by atoms with E-state index in [2.05, 4.69) is 25.9 Å². The van der Waals surface area contributed by atoms with Crippen LogP contribution in [0.4, 0.5) is 10.2 Å². The average Bonchev–Trinajstić information content (AvgIpc) is 2.36. The van der Waals surface area contributed by atoms with Crippen molar-refractivity contribution in [3.8, 4) is 11.6 Å². The molecule has 0 amide bonds. The average molecular weight is 354 g/mol. The number of hydrogen-bond acceptors (Lipinski definition) is 4. The molecule has 0 aliphatic carbocycles. The molecule has 0 saturated heterocycles. The van der Waals surface area contributed by atoms with Gasteiger partial charge >= 0.3 is 0 Å². The van der Waals surface area contributed by atoms with Crippen molar-refractivity contribution in [3.63, 3.8) is 0 Å². The summed E-state index contributed by atoms with van der Waals surface area (Å²) in [5.41, 5.74) is 6.21. The van der Waals surface area contributed by atoms with E-state index in [0.29, 0.717) is 21.7 Å². The van der Waals surface area contributed by atoms with Crippen LogP contribution in [0.15, 0.2) is 22.7 Å². The highest BCUT2D eigenvalue weighted by molar-refractivity contribution is 9.10. The van der Waals surface area contributed by atoms with Crippen LogP contribution in [0.25, 0.3) is 0 Å². The molecule has 2 N–H and O–H groups in total. The van der Waals surface area contributed by atoms with Crippen LogP contribution in [0.5, 0.6) is 11.6 Å². The van der Waals surface area contributed by atoms with E-state index < -0.39 is 5.82 Å². The molecule has 0 saturated carbocycles. The first-order valence-electron chi connectivity index (χ1n) is 6.46. The van der Waals surface area contributed by atoms with Crippen molar-refractivity contribution in [2.24, 2.45) is 0 Å². The Morgan fingerprint density at radius 2 is 1.90 bits per heavy atom. The second kappa shape index (κ2) is 5.60. The van der Waals surface area contributed by atoms with Crippen LogP contribution in [0.2, 0.25) is 0 Å². The van der Waals surface area contributed by atoms with E-state index in [0.717, 1.165) is 0 Å². The van der Waals surface area contributed by atoms with Gasteiger partial charge in [0.25, 0.3) is 0 Å². The third-order valence-electron chi connectivity index (χ3n) is 2.91. The molecule has 0 radical (unpaired) electrons. The van der Waals surface area contributed by atoms with Crippen LogP contribution in [0.1, 0.15) is 32.2 Å². The first-order valence-corrected chi connectivity index (χ1v) is 7.25. The number of benzene rings is 1. The molecule has 1 aromatic heterocycles.